The Morgan fingerprint density at radius 1 is 0.867 bits per heavy atom. The fourth-order valence-corrected chi connectivity index (χ4v) is 6.19. The van der Waals surface area contributed by atoms with Gasteiger partial charge in [-0.1, -0.05) is 17.7 Å². The SMILES string of the molecule is Cc1cc(C)c(S(=O)(=O)N2CCN(c3cnnc(N4CCOCC4)c3)CC2)c(C)c1. The van der Waals surface area contributed by atoms with Gasteiger partial charge in [0, 0.05) is 45.3 Å². The first-order valence-electron chi connectivity index (χ1n) is 10.3. The third kappa shape index (κ3) is 4.14. The number of aryl methyl sites for hydroxylation is 3. The summed E-state index contributed by atoms with van der Waals surface area (Å²) in [5.74, 6) is 0.844. The summed E-state index contributed by atoms with van der Waals surface area (Å²) >= 11 is 0. The van der Waals surface area contributed by atoms with Gasteiger partial charge in [-0.15, -0.1) is 5.10 Å². The van der Waals surface area contributed by atoms with E-state index in [-0.39, 0.29) is 0 Å². The zero-order chi connectivity index (χ0) is 21.3. The Labute approximate surface area is 178 Å². The van der Waals surface area contributed by atoms with Gasteiger partial charge >= 0.3 is 0 Å². The van der Waals surface area contributed by atoms with Crippen LogP contribution in [0, 0.1) is 20.8 Å². The molecule has 9 heteroatoms. The normalized spacial score (nSPS) is 18.6. The quantitative estimate of drug-likeness (QED) is 0.730. The van der Waals surface area contributed by atoms with Crippen molar-refractivity contribution < 1.29 is 13.2 Å². The van der Waals surface area contributed by atoms with E-state index >= 15 is 0 Å². The maximum absolute atomic E-state index is 13.3. The van der Waals surface area contributed by atoms with E-state index in [0.717, 1.165) is 41.3 Å². The predicted octanol–water partition coefficient (Wildman–Crippen LogP) is 1.75. The third-order valence-corrected chi connectivity index (χ3v) is 7.97. The highest BCUT2D eigenvalue weighted by molar-refractivity contribution is 7.89. The first-order valence-corrected chi connectivity index (χ1v) is 11.8. The molecule has 1 aromatic carbocycles. The first-order chi connectivity index (χ1) is 14.4. The number of aromatic nitrogens is 2. The molecule has 0 spiro atoms. The lowest BCUT2D eigenvalue weighted by Gasteiger charge is -2.36. The molecule has 0 unspecified atom stereocenters. The van der Waals surface area contributed by atoms with Crippen LogP contribution in [0.25, 0.3) is 0 Å². The second kappa shape index (κ2) is 8.49. The maximum Gasteiger partial charge on any atom is 0.243 e. The highest BCUT2D eigenvalue weighted by Crippen LogP contribution is 2.27. The number of hydrogen-bond acceptors (Lipinski definition) is 7. The molecular formula is C21H29N5O3S. The summed E-state index contributed by atoms with van der Waals surface area (Å²) < 4.78 is 33.6. The topological polar surface area (TPSA) is 78.9 Å². The molecule has 0 amide bonds. The van der Waals surface area contributed by atoms with E-state index in [1.54, 1.807) is 10.5 Å². The van der Waals surface area contributed by atoms with Gasteiger partial charge in [-0.2, -0.15) is 9.40 Å². The van der Waals surface area contributed by atoms with E-state index in [4.69, 9.17) is 4.74 Å². The van der Waals surface area contributed by atoms with Crippen LogP contribution < -0.4 is 9.80 Å². The Kier molecular flexibility index (Phi) is 5.95. The Balaban J connectivity index is 1.48. The largest absolute Gasteiger partial charge is 0.378 e. The number of rotatable bonds is 4. The van der Waals surface area contributed by atoms with Gasteiger partial charge in [-0.3, -0.25) is 0 Å². The molecule has 1 aromatic heterocycles. The zero-order valence-electron chi connectivity index (χ0n) is 17.8. The van der Waals surface area contributed by atoms with E-state index in [1.807, 2.05) is 39.0 Å². The molecule has 162 valence electrons. The second-order valence-electron chi connectivity index (χ2n) is 7.99. The van der Waals surface area contributed by atoms with Gasteiger partial charge in [0.2, 0.25) is 10.0 Å². The summed E-state index contributed by atoms with van der Waals surface area (Å²) in [5, 5.41) is 8.44. The summed E-state index contributed by atoms with van der Waals surface area (Å²) in [6.07, 6.45) is 1.75. The van der Waals surface area contributed by atoms with Gasteiger partial charge in [0.25, 0.3) is 0 Å². The van der Waals surface area contributed by atoms with Crippen LogP contribution in [0.2, 0.25) is 0 Å². The van der Waals surface area contributed by atoms with E-state index < -0.39 is 10.0 Å². The molecule has 3 heterocycles. The average Bonchev–Trinajstić information content (AvgIpc) is 2.74. The molecular weight excluding hydrogens is 402 g/mol. The van der Waals surface area contributed by atoms with Crippen LogP contribution >= 0.6 is 0 Å². The lowest BCUT2D eigenvalue weighted by atomic mass is 10.1. The van der Waals surface area contributed by atoms with Crippen molar-refractivity contribution in [3.8, 4) is 0 Å². The Morgan fingerprint density at radius 2 is 1.50 bits per heavy atom. The molecule has 2 aromatic rings. The van der Waals surface area contributed by atoms with Crippen molar-refractivity contribution in [2.75, 3.05) is 62.3 Å². The summed E-state index contributed by atoms with van der Waals surface area (Å²) in [7, 11) is -3.51. The molecule has 0 radical (unpaired) electrons. The molecule has 2 saturated heterocycles. The van der Waals surface area contributed by atoms with Gasteiger partial charge in [-0.25, -0.2) is 8.42 Å². The van der Waals surface area contributed by atoms with E-state index in [1.165, 1.54) is 0 Å². The number of ether oxygens (including phenoxy) is 1. The summed E-state index contributed by atoms with van der Waals surface area (Å²) in [4.78, 5) is 4.80. The highest BCUT2D eigenvalue weighted by Gasteiger charge is 2.31. The lowest BCUT2D eigenvalue weighted by Crippen LogP contribution is -2.49. The molecule has 2 fully saturated rings. The predicted molar refractivity (Wildman–Crippen MR) is 117 cm³/mol. The number of hydrogen-bond donors (Lipinski definition) is 0. The van der Waals surface area contributed by atoms with Crippen molar-refractivity contribution in [2.45, 2.75) is 25.7 Å². The number of benzene rings is 1. The molecule has 4 rings (SSSR count). The number of sulfonamides is 1. The van der Waals surface area contributed by atoms with Crippen LogP contribution in [0.3, 0.4) is 0 Å². The van der Waals surface area contributed by atoms with Crippen LogP contribution in [0.1, 0.15) is 16.7 Å². The Bertz CT molecular complexity index is 990. The van der Waals surface area contributed by atoms with Gasteiger partial charge in [0.15, 0.2) is 5.82 Å². The molecule has 8 nitrogen and oxygen atoms in total. The van der Waals surface area contributed by atoms with Crippen LogP contribution in [-0.2, 0) is 14.8 Å². The molecule has 0 saturated carbocycles. The van der Waals surface area contributed by atoms with Crippen molar-refractivity contribution in [3.63, 3.8) is 0 Å². The zero-order valence-corrected chi connectivity index (χ0v) is 18.7. The van der Waals surface area contributed by atoms with Gasteiger partial charge in [0.1, 0.15) is 0 Å². The number of nitrogens with zero attached hydrogens (tertiary/aromatic N) is 5. The number of anilines is 2. The Morgan fingerprint density at radius 3 is 2.13 bits per heavy atom. The van der Waals surface area contributed by atoms with Crippen LogP contribution in [0.5, 0.6) is 0 Å². The molecule has 0 aliphatic carbocycles. The lowest BCUT2D eigenvalue weighted by molar-refractivity contribution is 0.122. The minimum absolute atomic E-state index is 0.446. The highest BCUT2D eigenvalue weighted by atomic mass is 32.2. The van der Waals surface area contributed by atoms with E-state index in [0.29, 0.717) is 44.3 Å². The second-order valence-corrected chi connectivity index (χ2v) is 9.87. The van der Waals surface area contributed by atoms with Crippen LogP contribution in [-0.4, -0.2) is 75.4 Å². The summed E-state index contributed by atoms with van der Waals surface area (Å²) in [6.45, 7) is 10.9. The number of morpholine rings is 1. The standard InChI is InChI=1S/C21H29N5O3S/c1-16-12-17(2)21(18(3)13-16)30(27,28)26-6-4-24(5-7-26)19-14-20(23-22-15-19)25-8-10-29-11-9-25/h12-15H,4-11H2,1-3H3. The smallest absolute Gasteiger partial charge is 0.243 e. The third-order valence-electron chi connectivity index (χ3n) is 5.77. The minimum atomic E-state index is -3.51. The van der Waals surface area contributed by atoms with Crippen molar-refractivity contribution in [1.82, 2.24) is 14.5 Å². The summed E-state index contributed by atoms with van der Waals surface area (Å²) in [5.41, 5.74) is 3.67. The average molecular weight is 432 g/mol. The molecule has 0 bridgehead atoms. The molecule has 0 atom stereocenters. The van der Waals surface area contributed by atoms with E-state index in [9.17, 15) is 8.42 Å². The van der Waals surface area contributed by atoms with Crippen molar-refractivity contribution in [3.05, 3.63) is 41.1 Å². The van der Waals surface area contributed by atoms with Crippen LogP contribution in [0.15, 0.2) is 29.3 Å². The molecule has 2 aliphatic heterocycles. The number of piperazine rings is 1. The fraction of sp³-hybridized carbons (Fsp3) is 0.524. The van der Waals surface area contributed by atoms with Crippen molar-refractivity contribution >= 4 is 21.5 Å². The van der Waals surface area contributed by atoms with E-state index in [2.05, 4.69) is 20.0 Å². The monoisotopic (exact) mass is 431 g/mol. The van der Waals surface area contributed by atoms with Crippen molar-refractivity contribution in [2.24, 2.45) is 0 Å². The molecule has 30 heavy (non-hydrogen) atoms. The Hall–Kier alpha value is -2.23. The minimum Gasteiger partial charge on any atom is -0.378 e. The fourth-order valence-electron chi connectivity index (χ4n) is 4.35. The molecule has 2 aliphatic rings. The first kappa shape index (κ1) is 21.0. The van der Waals surface area contributed by atoms with Crippen molar-refractivity contribution in [1.29, 1.82) is 0 Å². The van der Waals surface area contributed by atoms with Gasteiger partial charge < -0.3 is 14.5 Å². The van der Waals surface area contributed by atoms with Gasteiger partial charge in [-0.05, 0) is 31.9 Å². The van der Waals surface area contributed by atoms with Gasteiger partial charge in [0.05, 0.1) is 30.0 Å². The summed E-state index contributed by atoms with van der Waals surface area (Å²) in [6, 6.07) is 5.91. The molecule has 0 N–H and O–H groups in total. The van der Waals surface area contributed by atoms with Crippen LogP contribution in [0.4, 0.5) is 11.5 Å². The maximum atomic E-state index is 13.3.